The summed E-state index contributed by atoms with van der Waals surface area (Å²) in [5.41, 5.74) is 2.35. The molecule has 0 radical (unpaired) electrons. The van der Waals surface area contributed by atoms with Crippen LogP contribution in [0.25, 0.3) is 10.9 Å². The lowest BCUT2D eigenvalue weighted by atomic mass is 10.2. The molecule has 2 aromatic heterocycles. The summed E-state index contributed by atoms with van der Waals surface area (Å²) >= 11 is 6.10. The lowest BCUT2D eigenvalue weighted by Crippen LogP contribution is -2.33. The third kappa shape index (κ3) is 2.04. The molecule has 0 aliphatic rings. The highest BCUT2D eigenvalue weighted by molar-refractivity contribution is 6.35. The van der Waals surface area contributed by atoms with Gasteiger partial charge >= 0.3 is 0 Å². The molecule has 17 heavy (non-hydrogen) atoms. The van der Waals surface area contributed by atoms with Crippen molar-refractivity contribution in [2.45, 2.75) is 6.54 Å². The summed E-state index contributed by atoms with van der Waals surface area (Å²) in [6.45, 7) is 0.859. The Morgan fingerprint density at radius 3 is 2.76 bits per heavy atom. The van der Waals surface area contributed by atoms with Crippen LogP contribution in [0.1, 0.15) is 5.56 Å². The van der Waals surface area contributed by atoms with Gasteiger partial charge in [0.15, 0.2) is 18.9 Å². The molecule has 0 saturated heterocycles. The van der Waals surface area contributed by atoms with Crippen LogP contribution in [-0.4, -0.2) is 4.98 Å². The van der Waals surface area contributed by atoms with Gasteiger partial charge in [-0.25, -0.2) is 0 Å². The lowest BCUT2D eigenvalue weighted by molar-refractivity contribution is -0.687. The summed E-state index contributed by atoms with van der Waals surface area (Å²) in [4.78, 5) is 3.13. The van der Waals surface area contributed by atoms with Crippen molar-refractivity contribution < 1.29 is 4.57 Å². The smallest absolute Gasteiger partial charge is 0.180 e. The van der Waals surface area contributed by atoms with Gasteiger partial charge in [0.05, 0.1) is 15.9 Å². The van der Waals surface area contributed by atoms with E-state index in [9.17, 15) is 0 Å². The quantitative estimate of drug-likeness (QED) is 0.667. The molecular formula is C14H12ClN2+. The Labute approximate surface area is 104 Å². The van der Waals surface area contributed by atoms with E-state index >= 15 is 0 Å². The van der Waals surface area contributed by atoms with Crippen LogP contribution < -0.4 is 4.57 Å². The molecular weight excluding hydrogens is 232 g/mol. The summed E-state index contributed by atoms with van der Waals surface area (Å²) in [6.07, 6.45) is 5.95. The fourth-order valence-corrected chi connectivity index (χ4v) is 2.17. The first kappa shape index (κ1) is 10.4. The minimum atomic E-state index is 0.766. The molecule has 0 fully saturated rings. The summed E-state index contributed by atoms with van der Waals surface area (Å²) in [5.74, 6) is 0. The van der Waals surface area contributed by atoms with E-state index < -0.39 is 0 Å². The monoisotopic (exact) mass is 243 g/mol. The van der Waals surface area contributed by atoms with Crippen LogP contribution in [0.2, 0.25) is 5.02 Å². The van der Waals surface area contributed by atoms with Crippen LogP contribution in [0.15, 0.2) is 55.0 Å². The van der Waals surface area contributed by atoms with Gasteiger partial charge in [-0.3, -0.25) is 0 Å². The van der Waals surface area contributed by atoms with Gasteiger partial charge < -0.3 is 4.98 Å². The highest BCUT2D eigenvalue weighted by atomic mass is 35.5. The van der Waals surface area contributed by atoms with Crippen LogP contribution in [-0.2, 0) is 6.54 Å². The van der Waals surface area contributed by atoms with E-state index in [1.807, 2.05) is 18.3 Å². The van der Waals surface area contributed by atoms with E-state index in [0.717, 1.165) is 22.5 Å². The number of hydrogen-bond donors (Lipinski definition) is 1. The Hall–Kier alpha value is -1.80. The van der Waals surface area contributed by atoms with Gasteiger partial charge in [0.1, 0.15) is 0 Å². The van der Waals surface area contributed by atoms with E-state index in [4.69, 9.17) is 11.6 Å². The molecule has 0 amide bonds. The largest absolute Gasteiger partial charge is 0.359 e. The summed E-state index contributed by atoms with van der Waals surface area (Å²) < 4.78 is 2.14. The fraction of sp³-hybridized carbons (Fsp3) is 0.0714. The Morgan fingerprint density at radius 1 is 1.12 bits per heavy atom. The number of nitrogens with zero attached hydrogens (tertiary/aromatic N) is 1. The Bertz CT molecular complexity index is 644. The number of fused-ring (bicyclic) bond motifs is 1. The summed E-state index contributed by atoms with van der Waals surface area (Å²) in [6, 6.07) is 12.4. The van der Waals surface area contributed by atoms with Crippen molar-refractivity contribution in [3.63, 3.8) is 0 Å². The van der Waals surface area contributed by atoms with Crippen LogP contribution in [0.4, 0.5) is 0 Å². The first-order valence-electron chi connectivity index (χ1n) is 5.52. The molecule has 0 spiro atoms. The summed E-state index contributed by atoms with van der Waals surface area (Å²) in [7, 11) is 0. The van der Waals surface area contributed by atoms with Gasteiger partial charge in [-0.2, -0.15) is 4.57 Å². The molecule has 2 nitrogen and oxygen atoms in total. The zero-order valence-electron chi connectivity index (χ0n) is 9.23. The van der Waals surface area contributed by atoms with Crippen molar-refractivity contribution in [2.24, 2.45) is 0 Å². The molecule has 0 saturated carbocycles. The maximum Gasteiger partial charge on any atom is 0.180 e. The van der Waals surface area contributed by atoms with Crippen molar-refractivity contribution in [3.8, 4) is 0 Å². The van der Waals surface area contributed by atoms with Crippen molar-refractivity contribution >= 4 is 22.5 Å². The van der Waals surface area contributed by atoms with Crippen LogP contribution in [0, 0.1) is 0 Å². The fourth-order valence-electron chi connectivity index (χ4n) is 1.97. The Morgan fingerprint density at radius 2 is 1.94 bits per heavy atom. The van der Waals surface area contributed by atoms with Crippen molar-refractivity contribution in [1.29, 1.82) is 0 Å². The second kappa shape index (κ2) is 4.22. The van der Waals surface area contributed by atoms with E-state index in [-0.39, 0.29) is 0 Å². The number of halogens is 1. The maximum absolute atomic E-state index is 6.10. The predicted octanol–water partition coefficient (Wildman–Crippen LogP) is 3.16. The van der Waals surface area contributed by atoms with Gasteiger partial charge in [0.2, 0.25) is 0 Å². The van der Waals surface area contributed by atoms with E-state index in [0.29, 0.717) is 0 Å². The molecule has 0 bridgehead atoms. The molecule has 84 valence electrons. The number of nitrogens with one attached hydrogen (secondary N) is 1. The van der Waals surface area contributed by atoms with E-state index in [1.165, 1.54) is 5.56 Å². The molecule has 1 aromatic carbocycles. The van der Waals surface area contributed by atoms with Crippen molar-refractivity contribution in [1.82, 2.24) is 4.98 Å². The third-order valence-corrected chi connectivity index (χ3v) is 3.15. The second-order valence-corrected chi connectivity index (χ2v) is 4.47. The Balaban J connectivity index is 1.98. The molecule has 0 unspecified atom stereocenters. The molecule has 0 aliphatic carbocycles. The maximum atomic E-state index is 6.10. The van der Waals surface area contributed by atoms with Gasteiger partial charge in [0, 0.05) is 17.8 Å². The van der Waals surface area contributed by atoms with Gasteiger partial charge in [0.25, 0.3) is 0 Å². The van der Waals surface area contributed by atoms with Crippen molar-refractivity contribution in [3.05, 3.63) is 65.6 Å². The molecule has 3 aromatic rings. The van der Waals surface area contributed by atoms with E-state index in [2.05, 4.69) is 46.2 Å². The number of H-pyrrole nitrogens is 1. The standard InChI is InChI=1S/C14H11ClN2/c15-13-8-16-14-6-7-17(10-12(13)14)9-11-4-2-1-3-5-11/h1-8,10H,9H2/p+1. The number of aromatic nitrogens is 2. The minimum Gasteiger partial charge on any atom is -0.359 e. The molecule has 3 heteroatoms. The minimum absolute atomic E-state index is 0.766. The number of rotatable bonds is 2. The van der Waals surface area contributed by atoms with Gasteiger partial charge in [-0.05, 0) is 0 Å². The molecule has 3 rings (SSSR count). The van der Waals surface area contributed by atoms with E-state index in [1.54, 1.807) is 0 Å². The highest BCUT2D eigenvalue weighted by Gasteiger charge is 2.08. The van der Waals surface area contributed by atoms with Crippen LogP contribution in [0.3, 0.4) is 0 Å². The van der Waals surface area contributed by atoms with Gasteiger partial charge in [-0.15, -0.1) is 0 Å². The van der Waals surface area contributed by atoms with Gasteiger partial charge in [-0.1, -0.05) is 41.9 Å². The average molecular weight is 244 g/mol. The second-order valence-electron chi connectivity index (χ2n) is 4.07. The van der Waals surface area contributed by atoms with Crippen molar-refractivity contribution in [2.75, 3.05) is 0 Å². The summed E-state index contributed by atoms with van der Waals surface area (Å²) in [5, 5.41) is 1.83. The first-order valence-corrected chi connectivity index (χ1v) is 5.90. The molecule has 0 atom stereocenters. The number of aromatic amines is 1. The normalized spacial score (nSPS) is 10.9. The number of hydrogen-bond acceptors (Lipinski definition) is 0. The number of pyridine rings is 1. The van der Waals surface area contributed by atoms with Crippen LogP contribution in [0.5, 0.6) is 0 Å². The average Bonchev–Trinajstić information content (AvgIpc) is 2.73. The Kier molecular flexibility index (Phi) is 2.57. The number of benzene rings is 1. The zero-order chi connectivity index (χ0) is 11.7. The molecule has 0 aliphatic heterocycles. The predicted molar refractivity (Wildman–Crippen MR) is 69.0 cm³/mol. The SMILES string of the molecule is Clc1c[nH]c2cc[n+](Cc3ccccc3)cc12. The molecule has 2 heterocycles. The van der Waals surface area contributed by atoms with Crippen LogP contribution >= 0.6 is 11.6 Å². The topological polar surface area (TPSA) is 19.7 Å². The molecule has 1 N–H and O–H groups in total. The third-order valence-electron chi connectivity index (χ3n) is 2.84. The zero-order valence-corrected chi connectivity index (χ0v) is 9.98. The first-order chi connectivity index (χ1) is 8.33. The highest BCUT2D eigenvalue weighted by Crippen LogP contribution is 2.20. The lowest BCUT2D eigenvalue weighted by Gasteiger charge is -1.97.